The second-order valence-corrected chi connectivity index (χ2v) is 14.2. The third-order valence-corrected chi connectivity index (χ3v) is 11.8. The lowest BCUT2D eigenvalue weighted by Crippen LogP contribution is -2.65. The molecule has 0 aliphatic heterocycles. The summed E-state index contributed by atoms with van der Waals surface area (Å²) in [5.41, 5.74) is 2.58. The number of rotatable bonds is 13. The number of methoxy groups -OCH3 is 2. The highest BCUT2D eigenvalue weighted by Gasteiger charge is 2.50. The summed E-state index contributed by atoms with van der Waals surface area (Å²) in [5, 5.41) is 12.5. The van der Waals surface area contributed by atoms with Crippen LogP contribution >= 0.6 is 0 Å². The van der Waals surface area contributed by atoms with Crippen LogP contribution in [0, 0.1) is 6.92 Å². The van der Waals surface area contributed by atoms with Gasteiger partial charge in [-0.1, -0.05) is 87.9 Å². The Bertz CT molecular complexity index is 1090. The summed E-state index contributed by atoms with van der Waals surface area (Å²) in [6, 6.07) is 22.0. The van der Waals surface area contributed by atoms with Crippen LogP contribution in [0.1, 0.15) is 56.4 Å². The van der Waals surface area contributed by atoms with Gasteiger partial charge in [0.25, 0.3) is 8.32 Å². The van der Waals surface area contributed by atoms with E-state index in [9.17, 15) is 9.90 Å². The molecular formula is C31H42O5Si. The summed E-state index contributed by atoms with van der Waals surface area (Å²) in [6.45, 7) is 9.17. The number of benzene rings is 3. The second-order valence-electron chi connectivity index (χ2n) is 10.3. The Kier molecular flexibility index (Phi) is 9.96. The van der Waals surface area contributed by atoms with Crippen molar-refractivity contribution in [2.24, 2.45) is 0 Å². The molecule has 0 saturated carbocycles. The van der Waals surface area contributed by atoms with E-state index in [0.29, 0.717) is 30.1 Å². The quantitative estimate of drug-likeness (QED) is 0.246. The standard InChI is InChI=1S/C31H42O5Si/c1-7-8-19-36-22-28(32)27-20-24(23(2)29(34-5)30(27)35-6)21-31(3,4)37(33,25-15-11-9-12-16-25)26-17-13-10-14-18-26/h9-18,20,28,32-33H,7-8,19,21-22H2,1-6H3/t28-/m1/s1. The summed E-state index contributed by atoms with van der Waals surface area (Å²) in [7, 11) is -0.0119. The minimum Gasteiger partial charge on any atom is -0.493 e. The molecule has 5 nitrogen and oxygen atoms in total. The molecule has 0 unspecified atom stereocenters. The molecule has 0 fully saturated rings. The van der Waals surface area contributed by atoms with Gasteiger partial charge in [0, 0.05) is 12.2 Å². The van der Waals surface area contributed by atoms with E-state index >= 15 is 0 Å². The molecule has 2 N–H and O–H groups in total. The van der Waals surface area contributed by atoms with Gasteiger partial charge in [0.2, 0.25) is 0 Å². The van der Waals surface area contributed by atoms with E-state index in [4.69, 9.17) is 14.2 Å². The number of aliphatic hydroxyl groups is 1. The highest BCUT2D eigenvalue weighted by atomic mass is 28.4. The maximum Gasteiger partial charge on any atom is 0.258 e. The number of hydrogen-bond donors (Lipinski definition) is 2. The molecule has 200 valence electrons. The van der Waals surface area contributed by atoms with Gasteiger partial charge >= 0.3 is 0 Å². The third kappa shape index (κ3) is 6.09. The molecule has 0 aromatic heterocycles. The van der Waals surface area contributed by atoms with E-state index in [1.54, 1.807) is 14.2 Å². The fourth-order valence-corrected chi connectivity index (χ4v) is 8.83. The van der Waals surface area contributed by atoms with Crippen LogP contribution in [0.15, 0.2) is 66.7 Å². The molecule has 3 aromatic carbocycles. The first-order chi connectivity index (χ1) is 17.7. The van der Waals surface area contributed by atoms with Crippen molar-refractivity contribution >= 4 is 18.7 Å². The molecule has 0 aliphatic rings. The van der Waals surface area contributed by atoms with Gasteiger partial charge in [-0.3, -0.25) is 0 Å². The SMILES string of the molecule is CCCCOC[C@@H](O)c1cc(CC(C)(C)[Si](O)(c2ccccc2)c2ccccc2)c(C)c(OC)c1OC. The maximum atomic E-state index is 12.6. The maximum absolute atomic E-state index is 12.6. The van der Waals surface area contributed by atoms with Gasteiger partial charge in [-0.15, -0.1) is 0 Å². The largest absolute Gasteiger partial charge is 0.493 e. The van der Waals surface area contributed by atoms with Gasteiger partial charge in [0.05, 0.1) is 20.8 Å². The van der Waals surface area contributed by atoms with Crippen molar-refractivity contribution in [3.05, 3.63) is 83.4 Å². The Morgan fingerprint density at radius 3 is 1.92 bits per heavy atom. The van der Waals surface area contributed by atoms with Crippen molar-refractivity contribution < 1.29 is 24.1 Å². The summed E-state index contributed by atoms with van der Waals surface area (Å²) in [4.78, 5) is 12.6. The topological polar surface area (TPSA) is 68.2 Å². The zero-order valence-corrected chi connectivity index (χ0v) is 24.1. The van der Waals surface area contributed by atoms with E-state index in [1.807, 2.05) is 73.7 Å². The minimum atomic E-state index is -3.22. The van der Waals surface area contributed by atoms with Crippen molar-refractivity contribution in [3.8, 4) is 11.5 Å². The summed E-state index contributed by atoms with van der Waals surface area (Å²) in [6.07, 6.45) is 1.71. The zero-order chi connectivity index (χ0) is 27.1. The normalized spacial score (nSPS) is 12.9. The fourth-order valence-electron chi connectivity index (χ4n) is 5.14. The predicted octanol–water partition coefficient (Wildman–Crippen LogP) is 4.94. The van der Waals surface area contributed by atoms with Crippen molar-refractivity contribution in [2.75, 3.05) is 27.4 Å². The van der Waals surface area contributed by atoms with Gasteiger partial charge in [-0.25, -0.2) is 0 Å². The minimum absolute atomic E-state index is 0.179. The summed E-state index contributed by atoms with van der Waals surface area (Å²) >= 11 is 0. The smallest absolute Gasteiger partial charge is 0.258 e. The predicted molar refractivity (Wildman–Crippen MR) is 153 cm³/mol. The molecule has 0 spiro atoms. The Balaban J connectivity index is 2.09. The third-order valence-electron chi connectivity index (χ3n) is 7.30. The first kappa shape index (κ1) is 28.9. The Morgan fingerprint density at radius 1 is 0.892 bits per heavy atom. The Morgan fingerprint density at radius 2 is 1.43 bits per heavy atom. The molecule has 0 radical (unpaired) electrons. The van der Waals surface area contributed by atoms with Gasteiger partial charge in [-0.05, 0) is 52.4 Å². The number of aliphatic hydroxyl groups excluding tert-OH is 1. The van der Waals surface area contributed by atoms with Crippen LogP contribution in [0.25, 0.3) is 0 Å². The number of unbranched alkanes of at least 4 members (excludes halogenated alkanes) is 1. The Hall–Kier alpha value is -2.64. The van der Waals surface area contributed by atoms with E-state index in [2.05, 4.69) is 20.8 Å². The van der Waals surface area contributed by atoms with Crippen LogP contribution < -0.4 is 19.8 Å². The molecule has 0 amide bonds. The average Bonchev–Trinajstić information content (AvgIpc) is 2.92. The van der Waals surface area contributed by atoms with Crippen LogP contribution in [0.3, 0.4) is 0 Å². The molecule has 0 bridgehead atoms. The summed E-state index contributed by atoms with van der Waals surface area (Å²) < 4.78 is 17.2. The lowest BCUT2D eigenvalue weighted by molar-refractivity contribution is 0.0335. The van der Waals surface area contributed by atoms with Gasteiger partial charge < -0.3 is 24.1 Å². The van der Waals surface area contributed by atoms with E-state index < -0.39 is 19.5 Å². The van der Waals surface area contributed by atoms with Crippen LogP contribution in [-0.2, 0) is 11.2 Å². The molecule has 0 saturated heterocycles. The monoisotopic (exact) mass is 522 g/mol. The van der Waals surface area contributed by atoms with Gasteiger partial charge in [-0.2, -0.15) is 0 Å². The lowest BCUT2D eigenvalue weighted by atomic mass is 9.93. The zero-order valence-electron chi connectivity index (χ0n) is 23.1. The van der Waals surface area contributed by atoms with Crippen molar-refractivity contribution in [1.82, 2.24) is 0 Å². The fraction of sp³-hybridized carbons (Fsp3) is 0.419. The highest BCUT2D eigenvalue weighted by Crippen LogP contribution is 2.45. The average molecular weight is 523 g/mol. The highest BCUT2D eigenvalue weighted by molar-refractivity contribution is 6.98. The lowest BCUT2D eigenvalue weighted by Gasteiger charge is -2.42. The number of ether oxygens (including phenoxy) is 3. The van der Waals surface area contributed by atoms with E-state index in [-0.39, 0.29) is 6.61 Å². The molecular weight excluding hydrogens is 480 g/mol. The molecule has 0 heterocycles. The van der Waals surface area contributed by atoms with Gasteiger partial charge in [0.1, 0.15) is 6.10 Å². The molecule has 37 heavy (non-hydrogen) atoms. The summed E-state index contributed by atoms with van der Waals surface area (Å²) in [5.74, 6) is 1.12. The van der Waals surface area contributed by atoms with Crippen LogP contribution in [0.5, 0.6) is 11.5 Å². The molecule has 6 heteroatoms. The van der Waals surface area contributed by atoms with Crippen LogP contribution in [0.2, 0.25) is 5.04 Å². The first-order valence-corrected chi connectivity index (χ1v) is 15.0. The molecule has 3 aromatic rings. The van der Waals surface area contributed by atoms with Crippen molar-refractivity contribution in [1.29, 1.82) is 0 Å². The molecule has 1 atom stereocenters. The van der Waals surface area contributed by atoms with Crippen molar-refractivity contribution in [2.45, 2.75) is 58.1 Å². The Labute approximate surface area is 223 Å². The van der Waals surface area contributed by atoms with E-state index in [1.165, 1.54) is 0 Å². The first-order valence-electron chi connectivity index (χ1n) is 13.0. The second kappa shape index (κ2) is 12.7. The molecule has 3 rings (SSSR count). The van der Waals surface area contributed by atoms with Crippen molar-refractivity contribution in [3.63, 3.8) is 0 Å². The van der Waals surface area contributed by atoms with Crippen LogP contribution in [-0.4, -0.2) is 45.7 Å². The number of hydrogen-bond acceptors (Lipinski definition) is 5. The van der Waals surface area contributed by atoms with E-state index in [0.717, 1.165) is 34.3 Å². The van der Waals surface area contributed by atoms with Crippen LogP contribution in [0.4, 0.5) is 0 Å². The van der Waals surface area contributed by atoms with Gasteiger partial charge in [0.15, 0.2) is 11.5 Å². The molecule has 0 aliphatic carbocycles.